The van der Waals surface area contributed by atoms with E-state index in [0.717, 1.165) is 16.7 Å². The molecule has 0 spiro atoms. The van der Waals surface area contributed by atoms with Crippen LogP contribution in [-0.2, 0) is 16.1 Å². The standard InChI is InChI=1S/C17H18N4O2/c1-13-4-6-14(7-5-13)12-20-21-17(23)9-16(22)19-11-15-3-2-8-18-10-15/h2-8,10,12H,9,11H2,1H3,(H,19,22)(H,21,23)/b20-12-. The molecular formula is C17H18N4O2. The Labute approximate surface area is 134 Å². The third-order valence-electron chi connectivity index (χ3n) is 3.01. The molecule has 1 heterocycles. The van der Waals surface area contributed by atoms with Crippen molar-refractivity contribution in [3.8, 4) is 0 Å². The van der Waals surface area contributed by atoms with Crippen LogP contribution in [-0.4, -0.2) is 23.0 Å². The summed E-state index contributed by atoms with van der Waals surface area (Å²) >= 11 is 0. The molecule has 2 rings (SSSR count). The maximum absolute atomic E-state index is 11.7. The van der Waals surface area contributed by atoms with Gasteiger partial charge in [-0.2, -0.15) is 5.10 Å². The average Bonchev–Trinajstić information content (AvgIpc) is 2.56. The van der Waals surface area contributed by atoms with Gasteiger partial charge in [0.05, 0.1) is 6.21 Å². The van der Waals surface area contributed by atoms with Crippen LogP contribution in [0.1, 0.15) is 23.1 Å². The van der Waals surface area contributed by atoms with Crippen molar-refractivity contribution in [2.45, 2.75) is 19.9 Å². The number of hydrogen-bond acceptors (Lipinski definition) is 4. The Balaban J connectivity index is 1.71. The fourth-order valence-corrected chi connectivity index (χ4v) is 1.78. The highest BCUT2D eigenvalue weighted by Gasteiger charge is 2.08. The molecule has 0 saturated carbocycles. The average molecular weight is 310 g/mol. The first-order valence-electron chi connectivity index (χ1n) is 7.17. The summed E-state index contributed by atoms with van der Waals surface area (Å²) in [6, 6.07) is 11.3. The number of carbonyl (C=O) groups excluding carboxylic acids is 2. The molecule has 2 N–H and O–H groups in total. The van der Waals surface area contributed by atoms with E-state index in [9.17, 15) is 9.59 Å². The fraction of sp³-hybridized carbons (Fsp3) is 0.176. The van der Waals surface area contributed by atoms with Gasteiger partial charge in [-0.15, -0.1) is 0 Å². The summed E-state index contributed by atoms with van der Waals surface area (Å²) in [7, 11) is 0. The predicted octanol–water partition coefficient (Wildman–Crippen LogP) is 1.55. The molecule has 0 unspecified atom stereocenters. The molecule has 6 heteroatoms. The molecule has 1 aromatic carbocycles. The van der Waals surface area contributed by atoms with E-state index in [-0.39, 0.29) is 12.3 Å². The fourth-order valence-electron chi connectivity index (χ4n) is 1.78. The lowest BCUT2D eigenvalue weighted by molar-refractivity contribution is -0.129. The summed E-state index contributed by atoms with van der Waals surface area (Å²) in [5.41, 5.74) is 5.23. The normalized spacial score (nSPS) is 10.5. The van der Waals surface area contributed by atoms with Crippen molar-refractivity contribution in [3.63, 3.8) is 0 Å². The van der Waals surface area contributed by atoms with Crippen molar-refractivity contribution in [3.05, 3.63) is 65.5 Å². The molecule has 0 radical (unpaired) electrons. The molecule has 1 aromatic heterocycles. The van der Waals surface area contributed by atoms with Crippen molar-refractivity contribution < 1.29 is 9.59 Å². The summed E-state index contributed by atoms with van der Waals surface area (Å²) in [6.45, 7) is 2.33. The van der Waals surface area contributed by atoms with Crippen LogP contribution in [0.25, 0.3) is 0 Å². The highest BCUT2D eigenvalue weighted by molar-refractivity contribution is 5.97. The van der Waals surface area contributed by atoms with E-state index < -0.39 is 5.91 Å². The number of amides is 2. The molecule has 0 saturated heterocycles. The van der Waals surface area contributed by atoms with Crippen LogP contribution in [0.3, 0.4) is 0 Å². The van der Waals surface area contributed by atoms with Crippen LogP contribution < -0.4 is 10.7 Å². The van der Waals surface area contributed by atoms with E-state index in [2.05, 4.69) is 20.8 Å². The topological polar surface area (TPSA) is 83.5 Å². The van der Waals surface area contributed by atoms with Crippen LogP contribution >= 0.6 is 0 Å². The lowest BCUT2D eigenvalue weighted by Gasteiger charge is -2.04. The van der Waals surface area contributed by atoms with Crippen LogP contribution in [0, 0.1) is 6.92 Å². The van der Waals surface area contributed by atoms with E-state index in [4.69, 9.17) is 0 Å². The summed E-state index contributed by atoms with van der Waals surface area (Å²) in [5.74, 6) is -0.825. The molecule has 0 bridgehead atoms. The Morgan fingerprint density at radius 2 is 1.96 bits per heavy atom. The van der Waals surface area contributed by atoms with Gasteiger partial charge in [0.1, 0.15) is 6.42 Å². The van der Waals surface area contributed by atoms with Gasteiger partial charge in [-0.05, 0) is 24.1 Å². The maximum Gasteiger partial charge on any atom is 0.249 e. The lowest BCUT2D eigenvalue weighted by atomic mass is 10.2. The Morgan fingerprint density at radius 1 is 1.17 bits per heavy atom. The minimum atomic E-state index is -0.461. The minimum absolute atomic E-state index is 0.272. The molecule has 118 valence electrons. The first-order chi connectivity index (χ1) is 11.1. The molecule has 0 fully saturated rings. The third-order valence-corrected chi connectivity index (χ3v) is 3.01. The summed E-state index contributed by atoms with van der Waals surface area (Å²) in [6.07, 6.45) is 4.58. The van der Waals surface area contributed by atoms with Gasteiger partial charge in [0.2, 0.25) is 11.8 Å². The van der Waals surface area contributed by atoms with Crippen LogP contribution in [0.2, 0.25) is 0 Å². The van der Waals surface area contributed by atoms with Gasteiger partial charge in [0.25, 0.3) is 0 Å². The number of benzene rings is 1. The number of hydrazone groups is 1. The Bertz CT molecular complexity index is 681. The zero-order valence-electron chi connectivity index (χ0n) is 12.8. The van der Waals surface area contributed by atoms with Gasteiger partial charge in [0, 0.05) is 18.9 Å². The predicted molar refractivity (Wildman–Crippen MR) is 87.6 cm³/mol. The largest absolute Gasteiger partial charge is 0.352 e. The van der Waals surface area contributed by atoms with Gasteiger partial charge < -0.3 is 5.32 Å². The van der Waals surface area contributed by atoms with E-state index in [1.165, 1.54) is 6.21 Å². The number of nitrogens with one attached hydrogen (secondary N) is 2. The monoisotopic (exact) mass is 310 g/mol. The number of pyridine rings is 1. The molecular weight excluding hydrogens is 292 g/mol. The van der Waals surface area contributed by atoms with Crippen LogP contribution in [0.5, 0.6) is 0 Å². The van der Waals surface area contributed by atoms with E-state index in [1.54, 1.807) is 18.5 Å². The quantitative estimate of drug-likeness (QED) is 0.482. The molecule has 2 aromatic rings. The van der Waals surface area contributed by atoms with Crippen molar-refractivity contribution in [2.24, 2.45) is 5.10 Å². The zero-order chi connectivity index (χ0) is 16.5. The summed E-state index contributed by atoms with van der Waals surface area (Å²) in [5, 5.41) is 6.48. The number of aromatic nitrogens is 1. The lowest BCUT2D eigenvalue weighted by Crippen LogP contribution is -2.29. The smallest absolute Gasteiger partial charge is 0.249 e. The van der Waals surface area contributed by atoms with E-state index in [1.807, 2.05) is 37.3 Å². The minimum Gasteiger partial charge on any atom is -0.352 e. The second kappa shape index (κ2) is 8.43. The van der Waals surface area contributed by atoms with Gasteiger partial charge in [-0.1, -0.05) is 35.9 Å². The Kier molecular flexibility index (Phi) is 5.99. The van der Waals surface area contributed by atoms with E-state index >= 15 is 0 Å². The molecule has 23 heavy (non-hydrogen) atoms. The molecule has 0 atom stereocenters. The van der Waals surface area contributed by atoms with Gasteiger partial charge >= 0.3 is 0 Å². The number of rotatable bonds is 6. The number of nitrogens with zero attached hydrogens (tertiary/aromatic N) is 2. The van der Waals surface area contributed by atoms with Gasteiger partial charge in [-0.25, -0.2) is 5.43 Å². The number of carbonyl (C=O) groups is 2. The maximum atomic E-state index is 11.7. The first kappa shape index (κ1) is 16.4. The van der Waals surface area contributed by atoms with Crippen molar-refractivity contribution in [1.29, 1.82) is 0 Å². The van der Waals surface area contributed by atoms with Crippen molar-refractivity contribution in [1.82, 2.24) is 15.7 Å². The zero-order valence-corrected chi connectivity index (χ0v) is 12.8. The van der Waals surface area contributed by atoms with Crippen molar-refractivity contribution in [2.75, 3.05) is 0 Å². The number of hydrogen-bond donors (Lipinski definition) is 2. The third kappa shape index (κ3) is 6.09. The molecule has 0 aliphatic carbocycles. The van der Waals surface area contributed by atoms with Crippen LogP contribution in [0.4, 0.5) is 0 Å². The second-order valence-corrected chi connectivity index (χ2v) is 5.02. The highest BCUT2D eigenvalue weighted by atomic mass is 16.2. The summed E-state index contributed by atoms with van der Waals surface area (Å²) < 4.78 is 0. The highest BCUT2D eigenvalue weighted by Crippen LogP contribution is 2.00. The van der Waals surface area contributed by atoms with Gasteiger partial charge in [0.15, 0.2) is 0 Å². The van der Waals surface area contributed by atoms with Crippen LogP contribution in [0.15, 0.2) is 53.9 Å². The first-order valence-corrected chi connectivity index (χ1v) is 7.17. The Hall–Kier alpha value is -3.02. The Morgan fingerprint density at radius 3 is 2.65 bits per heavy atom. The molecule has 0 aliphatic heterocycles. The molecule has 6 nitrogen and oxygen atoms in total. The molecule has 0 aliphatic rings. The molecule has 2 amide bonds. The summed E-state index contributed by atoms with van der Waals surface area (Å²) in [4.78, 5) is 27.2. The second-order valence-electron chi connectivity index (χ2n) is 5.02. The van der Waals surface area contributed by atoms with Gasteiger partial charge in [-0.3, -0.25) is 14.6 Å². The SMILES string of the molecule is Cc1ccc(/C=N\NC(=O)CC(=O)NCc2cccnc2)cc1. The van der Waals surface area contributed by atoms with Crippen molar-refractivity contribution >= 4 is 18.0 Å². The number of aryl methyl sites for hydroxylation is 1. The van der Waals surface area contributed by atoms with E-state index in [0.29, 0.717) is 6.54 Å².